The monoisotopic (exact) mass is 382 g/mol. The van der Waals surface area contributed by atoms with Crippen molar-refractivity contribution in [2.24, 2.45) is 0 Å². The molecule has 0 saturated heterocycles. The van der Waals surface area contributed by atoms with Crippen LogP contribution < -0.4 is 10.1 Å². The number of carbonyl (C=O) groups excluding carboxylic acids is 2. The van der Waals surface area contributed by atoms with Gasteiger partial charge in [0.1, 0.15) is 11.8 Å². The zero-order valence-electron chi connectivity index (χ0n) is 17.2. The van der Waals surface area contributed by atoms with Gasteiger partial charge in [-0.3, -0.25) is 9.59 Å². The number of benzene rings is 2. The third-order valence-electron chi connectivity index (χ3n) is 4.59. The Hall–Kier alpha value is -2.82. The van der Waals surface area contributed by atoms with E-state index in [0.29, 0.717) is 18.8 Å². The summed E-state index contributed by atoms with van der Waals surface area (Å²) in [7, 11) is 0. The van der Waals surface area contributed by atoms with E-state index < -0.39 is 6.04 Å². The van der Waals surface area contributed by atoms with Gasteiger partial charge in [0.25, 0.3) is 5.91 Å². The fraction of sp³-hybridized carbons (Fsp3) is 0.391. The van der Waals surface area contributed by atoms with Crippen LogP contribution in [0.1, 0.15) is 37.0 Å². The van der Waals surface area contributed by atoms with Gasteiger partial charge in [-0.2, -0.15) is 0 Å². The molecule has 5 nitrogen and oxygen atoms in total. The van der Waals surface area contributed by atoms with E-state index in [9.17, 15) is 9.59 Å². The minimum Gasteiger partial charge on any atom is -0.483 e. The highest BCUT2D eigenvalue weighted by Crippen LogP contribution is 2.19. The first-order valence-electron chi connectivity index (χ1n) is 9.73. The Morgan fingerprint density at radius 1 is 1.11 bits per heavy atom. The van der Waals surface area contributed by atoms with Crippen molar-refractivity contribution < 1.29 is 14.3 Å². The van der Waals surface area contributed by atoms with Crippen molar-refractivity contribution in [3.05, 3.63) is 65.2 Å². The number of hydrogen-bond acceptors (Lipinski definition) is 3. The molecule has 2 amide bonds. The number of nitrogens with one attached hydrogen (secondary N) is 1. The zero-order valence-corrected chi connectivity index (χ0v) is 17.2. The summed E-state index contributed by atoms with van der Waals surface area (Å²) < 4.78 is 5.76. The summed E-state index contributed by atoms with van der Waals surface area (Å²) in [6.45, 7) is 8.56. The Morgan fingerprint density at radius 2 is 1.82 bits per heavy atom. The first-order valence-corrected chi connectivity index (χ1v) is 9.73. The van der Waals surface area contributed by atoms with Gasteiger partial charge in [0.2, 0.25) is 5.91 Å². The Bertz CT molecular complexity index is 790. The van der Waals surface area contributed by atoms with Gasteiger partial charge >= 0.3 is 0 Å². The molecule has 5 heteroatoms. The van der Waals surface area contributed by atoms with Crippen molar-refractivity contribution in [3.63, 3.8) is 0 Å². The normalized spacial score (nSPS) is 11.6. The van der Waals surface area contributed by atoms with E-state index in [1.807, 2.05) is 69.3 Å². The van der Waals surface area contributed by atoms with Crippen molar-refractivity contribution in [1.82, 2.24) is 10.2 Å². The summed E-state index contributed by atoms with van der Waals surface area (Å²) in [5, 5.41) is 2.87. The third-order valence-corrected chi connectivity index (χ3v) is 4.59. The molecule has 0 bridgehead atoms. The van der Waals surface area contributed by atoms with E-state index in [-0.39, 0.29) is 18.4 Å². The number of amides is 2. The van der Waals surface area contributed by atoms with Gasteiger partial charge in [-0.05, 0) is 44.4 Å². The van der Waals surface area contributed by atoms with Gasteiger partial charge in [-0.1, -0.05) is 55.0 Å². The van der Waals surface area contributed by atoms with E-state index in [4.69, 9.17) is 4.74 Å². The lowest BCUT2D eigenvalue weighted by Crippen LogP contribution is -2.49. The zero-order chi connectivity index (χ0) is 20.5. The molecule has 0 fully saturated rings. The Kier molecular flexibility index (Phi) is 8.05. The van der Waals surface area contributed by atoms with Crippen LogP contribution in [0.5, 0.6) is 5.75 Å². The maximum absolute atomic E-state index is 12.9. The lowest BCUT2D eigenvalue weighted by molar-refractivity contribution is -0.142. The van der Waals surface area contributed by atoms with E-state index in [0.717, 1.165) is 23.1 Å². The second kappa shape index (κ2) is 10.5. The van der Waals surface area contributed by atoms with Crippen LogP contribution in [-0.2, 0) is 16.1 Å². The largest absolute Gasteiger partial charge is 0.483 e. The average molecular weight is 383 g/mol. The maximum atomic E-state index is 12.9. The van der Waals surface area contributed by atoms with Crippen LogP contribution in [0.4, 0.5) is 0 Å². The molecule has 2 aromatic rings. The van der Waals surface area contributed by atoms with Crippen LogP contribution in [0, 0.1) is 13.8 Å². The van der Waals surface area contributed by atoms with Crippen LogP contribution in [0.15, 0.2) is 48.5 Å². The van der Waals surface area contributed by atoms with Crippen LogP contribution in [-0.4, -0.2) is 35.9 Å². The van der Waals surface area contributed by atoms with E-state index in [1.54, 1.807) is 11.8 Å². The van der Waals surface area contributed by atoms with Crippen molar-refractivity contribution in [3.8, 4) is 5.75 Å². The Labute approximate surface area is 167 Å². The lowest BCUT2D eigenvalue weighted by atomic mass is 10.1. The molecule has 0 aliphatic rings. The fourth-order valence-electron chi connectivity index (χ4n) is 2.94. The average Bonchev–Trinajstić information content (AvgIpc) is 2.69. The van der Waals surface area contributed by atoms with E-state index >= 15 is 0 Å². The van der Waals surface area contributed by atoms with Gasteiger partial charge < -0.3 is 15.0 Å². The van der Waals surface area contributed by atoms with Gasteiger partial charge in [0, 0.05) is 13.1 Å². The minimum absolute atomic E-state index is 0.109. The second-order valence-electron chi connectivity index (χ2n) is 7.03. The molecule has 0 radical (unpaired) electrons. The SMILES string of the molecule is CCCNC(=O)C(C)N(Cc1ccccc1)C(=O)COc1ccc(C)cc1C. The third kappa shape index (κ3) is 6.12. The molecule has 1 unspecified atom stereocenters. The predicted molar refractivity (Wildman–Crippen MR) is 111 cm³/mol. The highest BCUT2D eigenvalue weighted by molar-refractivity contribution is 5.87. The number of carbonyl (C=O) groups is 2. The molecule has 1 atom stereocenters. The summed E-state index contributed by atoms with van der Waals surface area (Å²) >= 11 is 0. The van der Waals surface area contributed by atoms with Gasteiger partial charge in [0.15, 0.2) is 6.61 Å². The summed E-state index contributed by atoms with van der Waals surface area (Å²) in [5.41, 5.74) is 3.09. The summed E-state index contributed by atoms with van der Waals surface area (Å²) in [4.78, 5) is 27.0. The second-order valence-corrected chi connectivity index (χ2v) is 7.03. The van der Waals surface area contributed by atoms with Crippen LogP contribution in [0.25, 0.3) is 0 Å². The molecule has 28 heavy (non-hydrogen) atoms. The van der Waals surface area contributed by atoms with Crippen molar-refractivity contribution in [2.45, 2.75) is 46.7 Å². The highest BCUT2D eigenvalue weighted by Gasteiger charge is 2.26. The molecule has 0 spiro atoms. The van der Waals surface area contributed by atoms with Gasteiger partial charge in [-0.25, -0.2) is 0 Å². The molecule has 0 heterocycles. The molecule has 150 valence electrons. The fourth-order valence-corrected chi connectivity index (χ4v) is 2.94. The van der Waals surface area contributed by atoms with Crippen LogP contribution in [0.3, 0.4) is 0 Å². The smallest absolute Gasteiger partial charge is 0.261 e. The predicted octanol–water partition coefficient (Wildman–Crippen LogP) is 3.63. The molecule has 1 N–H and O–H groups in total. The van der Waals surface area contributed by atoms with E-state index in [1.165, 1.54) is 0 Å². The number of rotatable bonds is 9. The van der Waals surface area contributed by atoms with Gasteiger partial charge in [0.05, 0.1) is 0 Å². The lowest BCUT2D eigenvalue weighted by Gasteiger charge is -2.28. The standard InChI is InChI=1S/C23H30N2O3/c1-5-13-24-23(27)19(4)25(15-20-9-7-6-8-10-20)22(26)16-28-21-12-11-17(2)14-18(21)3/h6-12,14,19H,5,13,15-16H2,1-4H3,(H,24,27). The van der Waals surface area contributed by atoms with Crippen LogP contribution in [0.2, 0.25) is 0 Å². The minimum atomic E-state index is -0.582. The van der Waals surface area contributed by atoms with Crippen molar-refractivity contribution >= 4 is 11.8 Å². The quantitative estimate of drug-likeness (QED) is 0.721. The first-order chi connectivity index (χ1) is 13.4. The number of aryl methyl sites for hydroxylation is 2. The van der Waals surface area contributed by atoms with Crippen molar-refractivity contribution in [2.75, 3.05) is 13.2 Å². The van der Waals surface area contributed by atoms with Gasteiger partial charge in [-0.15, -0.1) is 0 Å². The molecule has 0 aliphatic heterocycles. The van der Waals surface area contributed by atoms with Crippen molar-refractivity contribution in [1.29, 1.82) is 0 Å². The molecular formula is C23H30N2O3. The summed E-state index contributed by atoms with van der Waals surface area (Å²) in [6, 6.07) is 14.9. The number of nitrogens with zero attached hydrogens (tertiary/aromatic N) is 1. The van der Waals surface area contributed by atoms with Crippen LogP contribution >= 0.6 is 0 Å². The number of ether oxygens (including phenoxy) is 1. The molecule has 0 saturated carbocycles. The maximum Gasteiger partial charge on any atom is 0.261 e. The topological polar surface area (TPSA) is 58.6 Å². The first kappa shape index (κ1) is 21.5. The summed E-state index contributed by atoms with van der Waals surface area (Å²) in [6.07, 6.45) is 0.848. The Morgan fingerprint density at radius 3 is 2.46 bits per heavy atom. The molecule has 0 aliphatic carbocycles. The highest BCUT2D eigenvalue weighted by atomic mass is 16.5. The summed E-state index contributed by atoms with van der Waals surface area (Å²) in [5.74, 6) is 0.308. The van der Waals surface area contributed by atoms with E-state index in [2.05, 4.69) is 5.32 Å². The molecule has 0 aromatic heterocycles. The molecular weight excluding hydrogens is 352 g/mol. The molecule has 2 rings (SSSR count). The molecule has 2 aromatic carbocycles. The number of hydrogen-bond donors (Lipinski definition) is 1. The Balaban J connectivity index is 2.12.